The second-order valence-corrected chi connectivity index (χ2v) is 5.44. The number of hydrogen-bond acceptors (Lipinski definition) is 2. The Morgan fingerprint density at radius 2 is 2.10 bits per heavy atom. The molecule has 5 heteroatoms. The van der Waals surface area contributed by atoms with Gasteiger partial charge in [0.15, 0.2) is 0 Å². The highest BCUT2D eigenvalue weighted by Crippen LogP contribution is 2.19. The van der Waals surface area contributed by atoms with Gasteiger partial charge in [0, 0.05) is 12.6 Å². The van der Waals surface area contributed by atoms with Gasteiger partial charge in [-0.25, -0.2) is 9.18 Å². The predicted molar refractivity (Wildman–Crippen MR) is 80.1 cm³/mol. The third-order valence-corrected chi connectivity index (χ3v) is 3.86. The van der Waals surface area contributed by atoms with Gasteiger partial charge in [-0.15, -0.1) is 0 Å². The lowest BCUT2D eigenvalue weighted by Crippen LogP contribution is -2.43. The summed E-state index contributed by atoms with van der Waals surface area (Å²) in [6.45, 7) is 0.457. The van der Waals surface area contributed by atoms with Crippen LogP contribution in [0, 0.1) is 5.82 Å². The Morgan fingerprint density at radius 3 is 2.81 bits per heavy atom. The maximum Gasteiger partial charge on any atom is 0.315 e. The Morgan fingerprint density at radius 1 is 1.33 bits per heavy atom. The summed E-state index contributed by atoms with van der Waals surface area (Å²) in [4.78, 5) is 11.8. The lowest BCUT2D eigenvalue weighted by Gasteiger charge is -2.22. The summed E-state index contributed by atoms with van der Waals surface area (Å²) < 4.78 is 18.4. The first-order valence-electron chi connectivity index (χ1n) is 7.56. The van der Waals surface area contributed by atoms with E-state index in [1.165, 1.54) is 31.4 Å². The highest BCUT2D eigenvalue weighted by atomic mass is 19.1. The minimum atomic E-state index is -0.294. The molecule has 0 saturated heterocycles. The molecule has 1 aliphatic carbocycles. The molecule has 1 saturated carbocycles. The molecule has 1 fully saturated rings. The number of rotatable bonds is 5. The molecule has 0 aromatic heterocycles. The van der Waals surface area contributed by atoms with Crippen molar-refractivity contribution in [2.45, 2.75) is 44.6 Å². The van der Waals surface area contributed by atoms with Crippen molar-refractivity contribution in [2.24, 2.45) is 0 Å². The van der Waals surface area contributed by atoms with Crippen LogP contribution in [0.2, 0.25) is 0 Å². The number of halogens is 1. The Balaban J connectivity index is 1.75. The third-order valence-electron chi connectivity index (χ3n) is 3.86. The van der Waals surface area contributed by atoms with Crippen molar-refractivity contribution < 1.29 is 13.9 Å². The molecule has 21 heavy (non-hydrogen) atoms. The van der Waals surface area contributed by atoms with Crippen LogP contribution in [0.1, 0.15) is 37.7 Å². The van der Waals surface area contributed by atoms with E-state index in [-0.39, 0.29) is 11.8 Å². The smallest absolute Gasteiger partial charge is 0.315 e. The zero-order valence-corrected chi connectivity index (χ0v) is 12.5. The molecule has 4 nitrogen and oxygen atoms in total. The van der Waals surface area contributed by atoms with E-state index in [0.29, 0.717) is 24.8 Å². The topological polar surface area (TPSA) is 50.4 Å². The summed E-state index contributed by atoms with van der Waals surface area (Å²) in [6.07, 6.45) is 6.30. The fourth-order valence-electron chi connectivity index (χ4n) is 2.74. The van der Waals surface area contributed by atoms with Crippen molar-refractivity contribution in [1.29, 1.82) is 0 Å². The van der Waals surface area contributed by atoms with E-state index in [9.17, 15) is 9.18 Å². The number of carbonyl (C=O) groups excluding carboxylic acids is 1. The molecule has 0 atom stereocenters. The summed E-state index contributed by atoms with van der Waals surface area (Å²) in [5, 5.41) is 5.81. The Kier molecular flexibility index (Phi) is 5.84. The first kappa shape index (κ1) is 15.6. The molecule has 116 valence electrons. The minimum Gasteiger partial charge on any atom is -0.496 e. The van der Waals surface area contributed by atoms with Crippen molar-refractivity contribution in [3.63, 3.8) is 0 Å². The van der Waals surface area contributed by atoms with Crippen LogP contribution in [-0.4, -0.2) is 25.7 Å². The number of ether oxygens (including phenoxy) is 1. The first-order chi connectivity index (χ1) is 10.2. The van der Waals surface area contributed by atoms with Crippen molar-refractivity contribution >= 4 is 6.03 Å². The number of urea groups is 1. The van der Waals surface area contributed by atoms with Gasteiger partial charge in [0.1, 0.15) is 11.6 Å². The fourth-order valence-corrected chi connectivity index (χ4v) is 2.74. The van der Waals surface area contributed by atoms with Gasteiger partial charge in [-0.05, 0) is 43.0 Å². The van der Waals surface area contributed by atoms with E-state index in [1.807, 2.05) is 0 Å². The standard InChI is InChI=1S/C16H23FN2O2/c1-21-15-8-7-13(17)11-12(15)9-10-18-16(20)19-14-5-3-2-4-6-14/h7-8,11,14H,2-6,9-10H2,1H3,(H2,18,19,20). The molecular formula is C16H23FN2O2. The fraction of sp³-hybridized carbons (Fsp3) is 0.562. The van der Waals surface area contributed by atoms with E-state index in [1.54, 1.807) is 13.2 Å². The Labute approximate surface area is 125 Å². The van der Waals surface area contributed by atoms with Crippen molar-refractivity contribution in [2.75, 3.05) is 13.7 Å². The molecule has 0 aliphatic heterocycles. The predicted octanol–water partition coefficient (Wildman–Crippen LogP) is 3.01. The SMILES string of the molecule is COc1ccc(F)cc1CCNC(=O)NC1CCCCC1. The minimum absolute atomic E-state index is 0.141. The van der Waals surface area contributed by atoms with E-state index >= 15 is 0 Å². The number of amides is 2. The second kappa shape index (κ2) is 7.86. The van der Waals surface area contributed by atoms with Gasteiger partial charge in [0.05, 0.1) is 7.11 Å². The summed E-state index contributed by atoms with van der Waals surface area (Å²) >= 11 is 0. The van der Waals surface area contributed by atoms with Crippen LogP contribution < -0.4 is 15.4 Å². The lowest BCUT2D eigenvalue weighted by molar-refractivity contribution is 0.233. The van der Waals surface area contributed by atoms with Crippen LogP contribution in [0.15, 0.2) is 18.2 Å². The highest BCUT2D eigenvalue weighted by Gasteiger charge is 2.15. The molecule has 0 radical (unpaired) electrons. The largest absolute Gasteiger partial charge is 0.496 e. The van der Waals surface area contributed by atoms with E-state index in [4.69, 9.17) is 4.74 Å². The lowest BCUT2D eigenvalue weighted by atomic mass is 9.96. The van der Waals surface area contributed by atoms with Gasteiger partial charge < -0.3 is 15.4 Å². The molecule has 0 spiro atoms. The quantitative estimate of drug-likeness (QED) is 0.877. The molecule has 2 rings (SSSR count). The first-order valence-corrected chi connectivity index (χ1v) is 7.56. The van der Waals surface area contributed by atoms with Crippen molar-refractivity contribution in [3.05, 3.63) is 29.6 Å². The molecule has 2 amide bonds. The zero-order chi connectivity index (χ0) is 15.1. The van der Waals surface area contributed by atoms with Crippen LogP contribution in [0.5, 0.6) is 5.75 Å². The summed E-state index contributed by atoms with van der Waals surface area (Å²) in [6, 6.07) is 4.57. The second-order valence-electron chi connectivity index (χ2n) is 5.44. The monoisotopic (exact) mass is 294 g/mol. The van der Waals surface area contributed by atoms with Crippen molar-refractivity contribution in [3.8, 4) is 5.75 Å². The average molecular weight is 294 g/mol. The van der Waals surface area contributed by atoms with Crippen LogP contribution in [-0.2, 0) is 6.42 Å². The van der Waals surface area contributed by atoms with Gasteiger partial charge in [0.2, 0.25) is 0 Å². The van der Waals surface area contributed by atoms with E-state index < -0.39 is 0 Å². The van der Waals surface area contributed by atoms with E-state index in [2.05, 4.69) is 10.6 Å². The number of benzene rings is 1. The summed E-state index contributed by atoms with van der Waals surface area (Å²) in [5.41, 5.74) is 0.760. The van der Waals surface area contributed by atoms with E-state index in [0.717, 1.165) is 18.4 Å². The maximum absolute atomic E-state index is 13.2. The summed E-state index contributed by atoms with van der Waals surface area (Å²) in [7, 11) is 1.56. The summed E-state index contributed by atoms with van der Waals surface area (Å²) in [5.74, 6) is 0.350. The number of nitrogens with one attached hydrogen (secondary N) is 2. The molecule has 1 aromatic rings. The van der Waals surface area contributed by atoms with Gasteiger partial charge in [0.25, 0.3) is 0 Å². The normalized spacial score (nSPS) is 15.5. The Hall–Kier alpha value is -1.78. The maximum atomic E-state index is 13.2. The van der Waals surface area contributed by atoms with Crippen molar-refractivity contribution in [1.82, 2.24) is 10.6 Å². The molecular weight excluding hydrogens is 271 g/mol. The molecule has 0 unspecified atom stereocenters. The van der Waals surface area contributed by atoms with Gasteiger partial charge in [-0.3, -0.25) is 0 Å². The molecule has 2 N–H and O–H groups in total. The van der Waals surface area contributed by atoms with Crippen LogP contribution >= 0.6 is 0 Å². The van der Waals surface area contributed by atoms with Gasteiger partial charge in [-0.1, -0.05) is 19.3 Å². The molecule has 1 aromatic carbocycles. The average Bonchev–Trinajstić information content (AvgIpc) is 2.48. The zero-order valence-electron chi connectivity index (χ0n) is 12.5. The number of carbonyl (C=O) groups is 1. The van der Waals surface area contributed by atoms with Gasteiger partial charge >= 0.3 is 6.03 Å². The number of hydrogen-bond donors (Lipinski definition) is 2. The third kappa shape index (κ3) is 4.92. The van der Waals surface area contributed by atoms with Crippen LogP contribution in [0.3, 0.4) is 0 Å². The molecule has 1 aliphatic rings. The highest BCUT2D eigenvalue weighted by molar-refractivity contribution is 5.74. The Bertz CT molecular complexity index is 473. The van der Waals surface area contributed by atoms with Crippen LogP contribution in [0.4, 0.5) is 9.18 Å². The molecule has 0 heterocycles. The van der Waals surface area contributed by atoms with Crippen LogP contribution in [0.25, 0.3) is 0 Å². The molecule has 0 bridgehead atoms. The number of methoxy groups -OCH3 is 1. The van der Waals surface area contributed by atoms with Gasteiger partial charge in [-0.2, -0.15) is 0 Å².